The third kappa shape index (κ3) is 2.51. The first-order chi connectivity index (χ1) is 10.7. The molecule has 3 aliphatic carbocycles. The number of carbonyl (C=O) groups is 1. The van der Waals surface area contributed by atoms with E-state index < -0.39 is 5.79 Å². The van der Waals surface area contributed by atoms with Crippen LogP contribution in [0.2, 0.25) is 0 Å². The summed E-state index contributed by atoms with van der Waals surface area (Å²) in [6.45, 7) is 0. The first-order valence-electron chi connectivity index (χ1n) is 8.17. The number of hydrogen-bond donors (Lipinski definition) is 0. The molecule has 2 fully saturated rings. The smallest absolute Gasteiger partial charge is 0.367 e. The highest BCUT2D eigenvalue weighted by molar-refractivity contribution is 8.12. The summed E-state index contributed by atoms with van der Waals surface area (Å²) in [5.41, 5.74) is 0. The lowest BCUT2D eigenvalue weighted by molar-refractivity contribution is -0.239. The van der Waals surface area contributed by atoms with E-state index in [0.29, 0.717) is 23.7 Å². The molecule has 0 spiro atoms. The Morgan fingerprint density at radius 1 is 1.14 bits per heavy atom. The molecule has 0 N–H and O–H groups in total. The topological polar surface area (TPSA) is 44.8 Å². The Labute approximate surface area is 136 Å². The van der Waals surface area contributed by atoms with Gasteiger partial charge in [0.25, 0.3) is 0 Å². The molecule has 4 nitrogen and oxygen atoms in total. The molecular weight excluding hydrogens is 300 g/mol. The fraction of sp³-hybridized carbons (Fsp3) is 0.824. The lowest BCUT2D eigenvalue weighted by atomic mass is 9.73. The zero-order valence-corrected chi connectivity index (χ0v) is 14.4. The molecular formula is C17H26O4S. The molecule has 0 radical (unpaired) electrons. The van der Waals surface area contributed by atoms with Gasteiger partial charge < -0.3 is 14.2 Å². The van der Waals surface area contributed by atoms with Crippen molar-refractivity contribution in [1.82, 2.24) is 0 Å². The number of fused-ring (bicyclic) bond motifs is 5. The van der Waals surface area contributed by atoms with Gasteiger partial charge in [0.1, 0.15) is 6.10 Å². The van der Waals surface area contributed by atoms with Crippen LogP contribution in [0.5, 0.6) is 0 Å². The SMILES string of the molecule is COC1(OC)C2CCC1C1CC(OC(=O)SC)C=CCCC12. The van der Waals surface area contributed by atoms with Gasteiger partial charge in [0.05, 0.1) is 0 Å². The molecule has 2 saturated carbocycles. The molecule has 0 aromatic heterocycles. The van der Waals surface area contributed by atoms with E-state index in [1.807, 2.05) is 0 Å². The fourth-order valence-electron chi connectivity index (χ4n) is 5.24. The number of rotatable bonds is 3. The molecule has 0 saturated heterocycles. The number of ether oxygens (including phenoxy) is 3. The Bertz CT molecular complexity index is 446. The van der Waals surface area contributed by atoms with Crippen molar-refractivity contribution in [2.24, 2.45) is 23.7 Å². The van der Waals surface area contributed by atoms with E-state index in [4.69, 9.17) is 14.2 Å². The third-order valence-corrected chi connectivity index (χ3v) is 6.41. The average molecular weight is 326 g/mol. The van der Waals surface area contributed by atoms with Crippen molar-refractivity contribution in [3.8, 4) is 0 Å². The molecule has 0 aromatic carbocycles. The second-order valence-corrected chi connectivity index (χ2v) is 7.34. The molecule has 0 aliphatic heterocycles. The van der Waals surface area contributed by atoms with E-state index in [1.165, 1.54) is 12.8 Å². The van der Waals surface area contributed by atoms with Crippen LogP contribution in [-0.2, 0) is 14.2 Å². The molecule has 0 heterocycles. The lowest BCUT2D eigenvalue weighted by Gasteiger charge is -2.33. The molecule has 0 amide bonds. The second kappa shape index (κ2) is 6.54. The van der Waals surface area contributed by atoms with Gasteiger partial charge in [0.2, 0.25) is 0 Å². The van der Waals surface area contributed by atoms with Crippen LogP contribution < -0.4 is 0 Å². The summed E-state index contributed by atoms with van der Waals surface area (Å²) in [6.07, 6.45) is 11.3. The minimum atomic E-state index is -0.423. The van der Waals surface area contributed by atoms with E-state index in [0.717, 1.165) is 31.0 Å². The van der Waals surface area contributed by atoms with Crippen molar-refractivity contribution in [2.45, 2.75) is 44.0 Å². The van der Waals surface area contributed by atoms with Gasteiger partial charge in [-0.2, -0.15) is 0 Å². The largest absolute Gasteiger partial charge is 0.450 e. The second-order valence-electron chi connectivity index (χ2n) is 6.60. The first kappa shape index (κ1) is 16.3. The zero-order valence-electron chi connectivity index (χ0n) is 13.6. The van der Waals surface area contributed by atoms with Gasteiger partial charge in [-0.15, -0.1) is 0 Å². The van der Waals surface area contributed by atoms with E-state index in [1.54, 1.807) is 20.5 Å². The molecule has 5 unspecified atom stereocenters. The van der Waals surface area contributed by atoms with Crippen LogP contribution >= 0.6 is 11.8 Å². The van der Waals surface area contributed by atoms with Crippen LogP contribution in [0.25, 0.3) is 0 Å². The molecule has 5 heteroatoms. The van der Waals surface area contributed by atoms with Crippen molar-refractivity contribution in [3.63, 3.8) is 0 Å². The Hall–Kier alpha value is -0.520. The highest BCUT2D eigenvalue weighted by atomic mass is 32.2. The predicted octanol–water partition coefficient (Wildman–Crippen LogP) is 3.86. The molecule has 5 atom stereocenters. The van der Waals surface area contributed by atoms with Crippen LogP contribution in [-0.4, -0.2) is 37.7 Å². The van der Waals surface area contributed by atoms with Gasteiger partial charge in [-0.05, 0) is 68.0 Å². The summed E-state index contributed by atoms with van der Waals surface area (Å²) in [4.78, 5) is 11.6. The van der Waals surface area contributed by atoms with Crippen molar-refractivity contribution in [2.75, 3.05) is 20.5 Å². The number of hydrogen-bond acceptors (Lipinski definition) is 5. The Morgan fingerprint density at radius 3 is 2.45 bits per heavy atom. The maximum Gasteiger partial charge on any atom is 0.367 e. The number of methoxy groups -OCH3 is 2. The fourth-order valence-corrected chi connectivity index (χ4v) is 5.46. The average Bonchev–Trinajstić information content (AvgIpc) is 2.99. The maximum atomic E-state index is 11.6. The van der Waals surface area contributed by atoms with E-state index in [2.05, 4.69) is 12.2 Å². The zero-order chi connectivity index (χ0) is 15.7. The number of allylic oxidation sites excluding steroid dienone is 1. The maximum absolute atomic E-state index is 11.6. The molecule has 124 valence electrons. The van der Waals surface area contributed by atoms with Gasteiger partial charge in [-0.25, -0.2) is 4.79 Å². The summed E-state index contributed by atoms with van der Waals surface area (Å²) in [5.74, 6) is 1.59. The van der Waals surface area contributed by atoms with Crippen molar-refractivity contribution in [3.05, 3.63) is 12.2 Å². The lowest BCUT2D eigenvalue weighted by Crippen LogP contribution is -2.40. The first-order valence-corrected chi connectivity index (χ1v) is 9.40. The Kier molecular flexibility index (Phi) is 4.86. The number of carbonyl (C=O) groups excluding carboxylic acids is 1. The minimum Gasteiger partial charge on any atom is -0.450 e. The Balaban J connectivity index is 1.82. The van der Waals surface area contributed by atoms with Crippen LogP contribution in [0.15, 0.2) is 12.2 Å². The van der Waals surface area contributed by atoms with Gasteiger partial charge >= 0.3 is 5.30 Å². The van der Waals surface area contributed by atoms with Gasteiger partial charge in [0.15, 0.2) is 5.79 Å². The van der Waals surface area contributed by atoms with Gasteiger partial charge in [-0.3, -0.25) is 0 Å². The van der Waals surface area contributed by atoms with Gasteiger partial charge in [-0.1, -0.05) is 6.08 Å². The van der Waals surface area contributed by atoms with Gasteiger partial charge in [0, 0.05) is 26.1 Å². The summed E-state index contributed by atoms with van der Waals surface area (Å²) in [6, 6.07) is 0. The monoisotopic (exact) mass is 326 g/mol. The normalized spacial score (nSPS) is 39.1. The molecule has 0 aromatic rings. The molecule has 3 rings (SSSR count). The van der Waals surface area contributed by atoms with E-state index in [9.17, 15) is 4.79 Å². The predicted molar refractivity (Wildman–Crippen MR) is 86.7 cm³/mol. The van der Waals surface area contributed by atoms with Crippen LogP contribution in [0.4, 0.5) is 4.79 Å². The summed E-state index contributed by atoms with van der Waals surface area (Å²) in [7, 11) is 3.55. The standard InChI is InChI=1S/C17H26O4S/c1-19-17(20-2)14-8-9-15(17)13-10-11(21-16(18)22-3)6-4-5-7-12(13)14/h4,6,11-15H,5,7-10H2,1-3H3. The van der Waals surface area contributed by atoms with Crippen molar-refractivity contribution >= 4 is 17.1 Å². The summed E-state index contributed by atoms with van der Waals surface area (Å²) in [5, 5.41) is -0.195. The third-order valence-electron chi connectivity index (χ3n) is 5.98. The molecule has 3 aliphatic rings. The molecule has 22 heavy (non-hydrogen) atoms. The van der Waals surface area contributed by atoms with Crippen molar-refractivity contribution < 1.29 is 19.0 Å². The summed E-state index contributed by atoms with van der Waals surface area (Å²) < 4.78 is 17.4. The minimum absolute atomic E-state index is 0.112. The summed E-state index contributed by atoms with van der Waals surface area (Å²) >= 11 is 1.14. The molecule has 2 bridgehead atoms. The van der Waals surface area contributed by atoms with Crippen LogP contribution in [0.3, 0.4) is 0 Å². The highest BCUT2D eigenvalue weighted by Crippen LogP contribution is 2.62. The Morgan fingerprint density at radius 2 is 1.82 bits per heavy atom. The van der Waals surface area contributed by atoms with Crippen LogP contribution in [0.1, 0.15) is 32.1 Å². The van der Waals surface area contributed by atoms with Crippen molar-refractivity contribution in [1.29, 1.82) is 0 Å². The number of thioether (sulfide) groups is 1. The van der Waals surface area contributed by atoms with E-state index in [-0.39, 0.29) is 11.4 Å². The van der Waals surface area contributed by atoms with Crippen LogP contribution in [0, 0.1) is 23.7 Å². The van der Waals surface area contributed by atoms with E-state index >= 15 is 0 Å². The highest BCUT2D eigenvalue weighted by Gasteiger charge is 2.64. The quantitative estimate of drug-likeness (QED) is 0.448.